The van der Waals surface area contributed by atoms with Crippen LogP contribution in [0.1, 0.15) is 53.5 Å². The van der Waals surface area contributed by atoms with Gasteiger partial charge in [-0.15, -0.1) is 0 Å². The molecule has 3 heterocycles. The van der Waals surface area contributed by atoms with Crippen LogP contribution < -0.4 is 4.74 Å². The number of ether oxygens (including phenoxy) is 1. The number of halogens is 1. The monoisotopic (exact) mass is 460 g/mol. The fourth-order valence-electron chi connectivity index (χ4n) is 4.31. The zero-order chi connectivity index (χ0) is 23.5. The minimum absolute atomic E-state index is 0.145. The Morgan fingerprint density at radius 2 is 2.06 bits per heavy atom. The number of aromatic amines is 1. The molecule has 2 aromatic carbocycles. The molecule has 1 aliphatic heterocycles. The van der Waals surface area contributed by atoms with Gasteiger partial charge in [-0.25, -0.2) is 9.37 Å². The maximum atomic E-state index is 13.3. The van der Waals surface area contributed by atoms with Crippen LogP contribution in [-0.2, 0) is 6.42 Å². The summed E-state index contributed by atoms with van der Waals surface area (Å²) in [5.74, 6) is 1.50. The second-order valence-corrected chi connectivity index (χ2v) is 8.22. The van der Waals surface area contributed by atoms with Crippen LogP contribution in [0.3, 0.4) is 0 Å². The van der Waals surface area contributed by atoms with Crippen molar-refractivity contribution in [2.45, 2.75) is 32.2 Å². The quantitative estimate of drug-likeness (QED) is 0.411. The first-order valence-corrected chi connectivity index (χ1v) is 11.4. The minimum atomic E-state index is -0.273. The molecule has 1 amide bonds. The lowest BCUT2D eigenvalue weighted by atomic mass is 10.1. The van der Waals surface area contributed by atoms with Gasteiger partial charge < -0.3 is 14.1 Å². The lowest BCUT2D eigenvalue weighted by Crippen LogP contribution is -2.31. The first-order valence-electron chi connectivity index (χ1n) is 11.4. The molecule has 0 bridgehead atoms. The third-order valence-electron chi connectivity index (χ3n) is 5.93. The Morgan fingerprint density at radius 3 is 2.88 bits per heavy atom. The Bertz CT molecular complexity index is 1280. The Balaban J connectivity index is 1.32. The maximum Gasteiger partial charge on any atom is 0.272 e. The van der Waals surface area contributed by atoms with Crippen LogP contribution >= 0.6 is 0 Å². The summed E-state index contributed by atoms with van der Waals surface area (Å²) in [6.45, 7) is 3.09. The topological polar surface area (TPSA) is 84.2 Å². The Labute approximate surface area is 196 Å². The highest BCUT2D eigenvalue weighted by molar-refractivity contribution is 5.94. The molecular formula is C26H25FN4O3. The fraction of sp³-hybridized carbons (Fsp3) is 0.269. The first-order chi connectivity index (χ1) is 16.6. The van der Waals surface area contributed by atoms with Crippen LogP contribution in [0.5, 0.6) is 5.75 Å². The molecule has 174 valence electrons. The lowest BCUT2D eigenvalue weighted by Gasteiger charge is -2.21. The molecule has 4 aromatic rings. The van der Waals surface area contributed by atoms with Crippen molar-refractivity contribution in [3.8, 4) is 17.0 Å². The summed E-state index contributed by atoms with van der Waals surface area (Å²) in [5.41, 5.74) is 2.82. The van der Waals surface area contributed by atoms with Gasteiger partial charge in [-0.05, 0) is 55.7 Å². The molecule has 1 N–H and O–H groups in total. The van der Waals surface area contributed by atoms with Gasteiger partial charge in [0.25, 0.3) is 5.91 Å². The van der Waals surface area contributed by atoms with Crippen molar-refractivity contribution in [1.29, 1.82) is 0 Å². The maximum absolute atomic E-state index is 13.3. The van der Waals surface area contributed by atoms with E-state index in [0.29, 0.717) is 42.6 Å². The van der Waals surface area contributed by atoms with Gasteiger partial charge in [0.05, 0.1) is 18.5 Å². The Hall–Kier alpha value is -3.94. The molecule has 1 saturated heterocycles. The summed E-state index contributed by atoms with van der Waals surface area (Å²) in [6.07, 6.45) is 3.83. The molecule has 1 aliphatic rings. The molecule has 0 saturated carbocycles. The van der Waals surface area contributed by atoms with Crippen molar-refractivity contribution in [3.63, 3.8) is 0 Å². The third-order valence-corrected chi connectivity index (χ3v) is 5.93. The summed E-state index contributed by atoms with van der Waals surface area (Å²) in [6, 6.07) is 15.4. The van der Waals surface area contributed by atoms with Gasteiger partial charge in [0.2, 0.25) is 5.89 Å². The number of nitrogens with one attached hydrogen (secondary N) is 1. The van der Waals surface area contributed by atoms with Gasteiger partial charge in [-0.1, -0.05) is 24.3 Å². The van der Waals surface area contributed by atoms with Crippen LogP contribution in [0.15, 0.2) is 65.2 Å². The molecule has 1 atom stereocenters. The summed E-state index contributed by atoms with van der Waals surface area (Å²) < 4.78 is 24.9. The van der Waals surface area contributed by atoms with E-state index in [9.17, 15) is 9.18 Å². The molecule has 1 fully saturated rings. The van der Waals surface area contributed by atoms with Crippen LogP contribution in [0.2, 0.25) is 0 Å². The number of hydrogen-bond donors (Lipinski definition) is 1. The van der Waals surface area contributed by atoms with Gasteiger partial charge >= 0.3 is 0 Å². The molecule has 2 aromatic heterocycles. The van der Waals surface area contributed by atoms with Gasteiger partial charge in [0.15, 0.2) is 0 Å². The number of oxazole rings is 1. The van der Waals surface area contributed by atoms with E-state index in [1.807, 2.05) is 31.2 Å². The zero-order valence-electron chi connectivity index (χ0n) is 18.8. The van der Waals surface area contributed by atoms with Crippen molar-refractivity contribution in [2.24, 2.45) is 0 Å². The Kier molecular flexibility index (Phi) is 6.12. The van der Waals surface area contributed by atoms with Gasteiger partial charge in [0, 0.05) is 18.5 Å². The third kappa shape index (κ3) is 4.44. The van der Waals surface area contributed by atoms with Crippen molar-refractivity contribution >= 4 is 5.91 Å². The number of aromatic nitrogens is 3. The van der Waals surface area contributed by atoms with Crippen LogP contribution in [0.25, 0.3) is 11.3 Å². The number of hydrogen-bond acceptors (Lipinski definition) is 5. The predicted molar refractivity (Wildman–Crippen MR) is 124 cm³/mol. The molecule has 0 unspecified atom stereocenters. The molecule has 8 heteroatoms. The molecule has 7 nitrogen and oxygen atoms in total. The second-order valence-electron chi connectivity index (χ2n) is 8.22. The number of carbonyl (C=O) groups is 1. The molecular weight excluding hydrogens is 435 g/mol. The summed E-state index contributed by atoms with van der Waals surface area (Å²) in [4.78, 5) is 19.6. The smallest absolute Gasteiger partial charge is 0.272 e. The average Bonchev–Trinajstić information content (AvgIpc) is 3.61. The summed E-state index contributed by atoms with van der Waals surface area (Å²) in [5, 5.41) is 7.24. The number of para-hydroxylation sites is 1. The van der Waals surface area contributed by atoms with Gasteiger partial charge in [-0.2, -0.15) is 5.10 Å². The van der Waals surface area contributed by atoms with E-state index in [1.165, 1.54) is 12.1 Å². The van der Waals surface area contributed by atoms with E-state index in [1.54, 1.807) is 29.3 Å². The van der Waals surface area contributed by atoms with E-state index in [-0.39, 0.29) is 17.8 Å². The highest BCUT2D eigenvalue weighted by atomic mass is 19.1. The van der Waals surface area contributed by atoms with E-state index >= 15 is 0 Å². The minimum Gasteiger partial charge on any atom is -0.493 e. The van der Waals surface area contributed by atoms with Gasteiger partial charge in [-0.3, -0.25) is 9.89 Å². The molecule has 34 heavy (non-hydrogen) atoms. The normalized spacial score (nSPS) is 15.6. The van der Waals surface area contributed by atoms with E-state index < -0.39 is 0 Å². The molecule has 0 spiro atoms. The second kappa shape index (κ2) is 9.51. The standard InChI is InChI=1S/C26H25FN4O3/c1-2-33-24-8-4-3-6-20(24)21-15-22(30-29-21)26(32)31-13-5-7-23(31)25-28-16-19(34-25)14-17-9-11-18(27)12-10-17/h3-4,6,8-12,15-16,23H,2,5,7,13-14H2,1H3,(H,29,30)/t23-/m0/s1. The number of carbonyl (C=O) groups excluding carboxylic acids is 1. The van der Waals surface area contributed by atoms with Crippen LogP contribution in [-0.4, -0.2) is 39.1 Å². The van der Waals surface area contributed by atoms with Crippen molar-refractivity contribution < 1.29 is 18.3 Å². The number of rotatable bonds is 7. The van der Waals surface area contributed by atoms with E-state index in [4.69, 9.17) is 9.15 Å². The Morgan fingerprint density at radius 1 is 1.24 bits per heavy atom. The predicted octanol–water partition coefficient (Wildman–Crippen LogP) is 5.17. The number of H-pyrrole nitrogens is 1. The zero-order valence-corrected chi connectivity index (χ0v) is 18.8. The fourth-order valence-corrected chi connectivity index (χ4v) is 4.31. The molecule has 0 radical (unpaired) electrons. The highest BCUT2D eigenvalue weighted by Crippen LogP contribution is 2.34. The van der Waals surface area contributed by atoms with Crippen molar-refractivity contribution in [3.05, 3.63) is 89.5 Å². The first kappa shape index (κ1) is 21.9. The number of nitrogens with zero attached hydrogens (tertiary/aromatic N) is 3. The largest absolute Gasteiger partial charge is 0.493 e. The SMILES string of the molecule is CCOc1ccccc1-c1cc(C(=O)N2CCC[C@H]2c2ncc(Cc3ccc(F)cc3)o2)[nH]n1. The van der Waals surface area contributed by atoms with Crippen molar-refractivity contribution in [2.75, 3.05) is 13.2 Å². The van der Waals surface area contributed by atoms with Crippen LogP contribution in [0, 0.1) is 5.82 Å². The lowest BCUT2D eigenvalue weighted by molar-refractivity contribution is 0.0708. The number of amides is 1. The van der Waals surface area contributed by atoms with E-state index in [2.05, 4.69) is 15.2 Å². The van der Waals surface area contributed by atoms with E-state index in [0.717, 1.165) is 29.7 Å². The molecule has 5 rings (SSSR count). The average molecular weight is 461 g/mol. The number of likely N-dealkylation sites (tertiary alicyclic amines) is 1. The number of benzene rings is 2. The summed E-state index contributed by atoms with van der Waals surface area (Å²) in [7, 11) is 0. The summed E-state index contributed by atoms with van der Waals surface area (Å²) >= 11 is 0. The molecule has 0 aliphatic carbocycles. The van der Waals surface area contributed by atoms with Gasteiger partial charge in [0.1, 0.15) is 29.1 Å². The van der Waals surface area contributed by atoms with Crippen molar-refractivity contribution in [1.82, 2.24) is 20.1 Å². The highest BCUT2D eigenvalue weighted by Gasteiger charge is 2.34. The van der Waals surface area contributed by atoms with Crippen LogP contribution in [0.4, 0.5) is 4.39 Å².